The third-order valence-corrected chi connectivity index (χ3v) is 5.37. The molecule has 0 saturated carbocycles. The molecule has 0 radical (unpaired) electrons. The molecule has 3 heterocycles. The average Bonchev–Trinajstić information content (AvgIpc) is 2.85. The van der Waals surface area contributed by atoms with E-state index >= 15 is 0 Å². The van der Waals surface area contributed by atoms with Crippen LogP contribution in [0, 0.1) is 20.8 Å². The molecule has 1 fully saturated rings. The Morgan fingerprint density at radius 2 is 2.17 bits per heavy atom. The first-order valence-corrected chi connectivity index (χ1v) is 8.85. The first-order chi connectivity index (χ1) is 11.0. The van der Waals surface area contributed by atoms with Gasteiger partial charge in [-0.3, -0.25) is 4.79 Å². The maximum absolute atomic E-state index is 12.6. The van der Waals surface area contributed by atoms with Crippen LogP contribution in [-0.4, -0.2) is 38.8 Å². The summed E-state index contributed by atoms with van der Waals surface area (Å²) in [7, 11) is 0. The van der Waals surface area contributed by atoms with Gasteiger partial charge in [0.15, 0.2) is 0 Å². The van der Waals surface area contributed by atoms with Gasteiger partial charge in [0.25, 0.3) is 0 Å². The molecule has 1 aliphatic rings. The molecule has 5 nitrogen and oxygen atoms in total. The standard InChI is InChI=1S/C17H22N4OS/c1-11-16(23-13(3)19-11)9-17(22)21-8-4-5-14(10-21)15-6-7-18-12(2)20-15/h6-7,14H,4-5,8-10H2,1-3H3/t14-/m1/s1. The molecule has 0 aromatic carbocycles. The van der Waals surface area contributed by atoms with E-state index in [1.165, 1.54) is 0 Å². The number of hydrogen-bond acceptors (Lipinski definition) is 5. The van der Waals surface area contributed by atoms with Crippen LogP contribution in [0.4, 0.5) is 0 Å². The number of rotatable bonds is 3. The molecule has 0 unspecified atom stereocenters. The van der Waals surface area contributed by atoms with Crippen molar-refractivity contribution in [1.29, 1.82) is 0 Å². The highest BCUT2D eigenvalue weighted by atomic mass is 32.1. The number of aryl methyl sites for hydroxylation is 3. The third kappa shape index (κ3) is 3.75. The Balaban J connectivity index is 1.68. The van der Waals surface area contributed by atoms with Crippen LogP contribution in [0.5, 0.6) is 0 Å². The Kier molecular flexibility index (Phi) is 4.71. The number of likely N-dealkylation sites (tertiary alicyclic amines) is 1. The smallest absolute Gasteiger partial charge is 0.227 e. The molecule has 0 aliphatic carbocycles. The van der Waals surface area contributed by atoms with Crippen molar-refractivity contribution in [3.63, 3.8) is 0 Å². The summed E-state index contributed by atoms with van der Waals surface area (Å²) in [4.78, 5) is 28.8. The summed E-state index contributed by atoms with van der Waals surface area (Å²) < 4.78 is 0. The highest BCUT2D eigenvalue weighted by molar-refractivity contribution is 7.11. The van der Waals surface area contributed by atoms with E-state index in [0.717, 1.165) is 53.0 Å². The van der Waals surface area contributed by atoms with Crippen molar-refractivity contribution in [3.8, 4) is 0 Å². The molecule has 122 valence electrons. The van der Waals surface area contributed by atoms with Gasteiger partial charge in [-0.25, -0.2) is 15.0 Å². The molecular formula is C17H22N4OS. The van der Waals surface area contributed by atoms with E-state index in [-0.39, 0.29) is 5.91 Å². The molecule has 6 heteroatoms. The predicted molar refractivity (Wildman–Crippen MR) is 90.6 cm³/mol. The van der Waals surface area contributed by atoms with Gasteiger partial charge in [0, 0.05) is 35.8 Å². The van der Waals surface area contributed by atoms with Gasteiger partial charge < -0.3 is 4.90 Å². The van der Waals surface area contributed by atoms with E-state index < -0.39 is 0 Å². The van der Waals surface area contributed by atoms with Crippen LogP contribution in [0.25, 0.3) is 0 Å². The highest BCUT2D eigenvalue weighted by Crippen LogP contribution is 2.26. The lowest BCUT2D eigenvalue weighted by Crippen LogP contribution is -2.40. The van der Waals surface area contributed by atoms with Gasteiger partial charge in [-0.05, 0) is 39.7 Å². The van der Waals surface area contributed by atoms with Crippen LogP contribution >= 0.6 is 11.3 Å². The van der Waals surface area contributed by atoms with Crippen molar-refractivity contribution >= 4 is 17.2 Å². The number of amides is 1. The summed E-state index contributed by atoms with van der Waals surface area (Å²) in [6.45, 7) is 7.47. The normalized spacial score (nSPS) is 18.2. The van der Waals surface area contributed by atoms with Crippen molar-refractivity contribution in [1.82, 2.24) is 19.9 Å². The second kappa shape index (κ2) is 6.74. The molecule has 1 amide bonds. The summed E-state index contributed by atoms with van der Waals surface area (Å²) in [6.07, 6.45) is 4.38. The SMILES string of the molecule is Cc1nccc([C@@H]2CCCN(C(=O)Cc3sc(C)nc3C)C2)n1. The van der Waals surface area contributed by atoms with E-state index in [1.54, 1.807) is 11.3 Å². The third-order valence-electron chi connectivity index (χ3n) is 4.30. The first kappa shape index (κ1) is 16.1. The van der Waals surface area contributed by atoms with Crippen molar-refractivity contribution in [3.05, 3.63) is 39.4 Å². The molecule has 2 aromatic rings. The molecule has 1 aliphatic heterocycles. The zero-order valence-electron chi connectivity index (χ0n) is 13.9. The van der Waals surface area contributed by atoms with E-state index in [2.05, 4.69) is 15.0 Å². The Bertz CT molecular complexity index is 712. The average molecular weight is 330 g/mol. The highest BCUT2D eigenvalue weighted by Gasteiger charge is 2.26. The molecule has 0 spiro atoms. The zero-order chi connectivity index (χ0) is 16.4. The molecule has 1 atom stereocenters. The summed E-state index contributed by atoms with van der Waals surface area (Å²) in [5, 5.41) is 1.03. The topological polar surface area (TPSA) is 59.0 Å². The van der Waals surface area contributed by atoms with Gasteiger partial charge in [-0.1, -0.05) is 0 Å². The van der Waals surface area contributed by atoms with Gasteiger partial charge in [0.1, 0.15) is 5.82 Å². The lowest BCUT2D eigenvalue weighted by molar-refractivity contribution is -0.131. The maximum atomic E-state index is 12.6. The number of piperidine rings is 1. The Hall–Kier alpha value is -1.82. The largest absolute Gasteiger partial charge is 0.342 e. The van der Waals surface area contributed by atoms with Crippen LogP contribution in [0.1, 0.15) is 45.9 Å². The van der Waals surface area contributed by atoms with E-state index in [1.807, 2.05) is 37.9 Å². The second-order valence-corrected chi connectivity index (χ2v) is 7.41. The van der Waals surface area contributed by atoms with Crippen molar-refractivity contribution in [2.75, 3.05) is 13.1 Å². The second-order valence-electron chi connectivity index (χ2n) is 6.13. The van der Waals surface area contributed by atoms with E-state index in [0.29, 0.717) is 12.3 Å². The number of nitrogens with zero attached hydrogens (tertiary/aromatic N) is 4. The summed E-state index contributed by atoms with van der Waals surface area (Å²) >= 11 is 1.63. The molecule has 0 bridgehead atoms. The number of hydrogen-bond donors (Lipinski definition) is 0. The van der Waals surface area contributed by atoms with Gasteiger partial charge in [0.2, 0.25) is 5.91 Å². The number of carbonyl (C=O) groups excluding carboxylic acids is 1. The van der Waals surface area contributed by atoms with Gasteiger partial charge in [-0.15, -0.1) is 11.3 Å². The van der Waals surface area contributed by atoms with Crippen LogP contribution < -0.4 is 0 Å². The number of aromatic nitrogens is 3. The molecule has 1 saturated heterocycles. The molecule has 0 N–H and O–H groups in total. The monoisotopic (exact) mass is 330 g/mol. The van der Waals surface area contributed by atoms with Crippen molar-refractivity contribution in [2.45, 2.75) is 46.0 Å². The fraction of sp³-hybridized carbons (Fsp3) is 0.529. The van der Waals surface area contributed by atoms with Crippen LogP contribution in [0.2, 0.25) is 0 Å². The van der Waals surface area contributed by atoms with Crippen molar-refractivity contribution < 1.29 is 4.79 Å². The Labute approximate surface area is 140 Å². The molecule has 2 aromatic heterocycles. The number of carbonyl (C=O) groups is 1. The quantitative estimate of drug-likeness (QED) is 0.868. The minimum absolute atomic E-state index is 0.201. The van der Waals surface area contributed by atoms with Crippen molar-refractivity contribution in [2.24, 2.45) is 0 Å². The van der Waals surface area contributed by atoms with Crippen LogP contribution in [-0.2, 0) is 11.2 Å². The molecule has 23 heavy (non-hydrogen) atoms. The fourth-order valence-electron chi connectivity index (χ4n) is 3.13. The fourth-order valence-corrected chi connectivity index (χ4v) is 4.06. The first-order valence-electron chi connectivity index (χ1n) is 8.03. The Morgan fingerprint density at radius 1 is 1.35 bits per heavy atom. The lowest BCUT2D eigenvalue weighted by atomic mass is 9.94. The van der Waals surface area contributed by atoms with Gasteiger partial charge >= 0.3 is 0 Å². The number of thiazole rings is 1. The predicted octanol–water partition coefficient (Wildman–Crippen LogP) is 2.81. The molecular weight excluding hydrogens is 308 g/mol. The lowest BCUT2D eigenvalue weighted by Gasteiger charge is -2.32. The maximum Gasteiger partial charge on any atom is 0.227 e. The van der Waals surface area contributed by atoms with E-state index in [4.69, 9.17) is 0 Å². The minimum Gasteiger partial charge on any atom is -0.342 e. The molecule has 3 rings (SSSR count). The van der Waals surface area contributed by atoms with Crippen LogP contribution in [0.15, 0.2) is 12.3 Å². The zero-order valence-corrected chi connectivity index (χ0v) is 14.7. The van der Waals surface area contributed by atoms with E-state index in [9.17, 15) is 4.79 Å². The van der Waals surface area contributed by atoms with Crippen LogP contribution in [0.3, 0.4) is 0 Å². The summed E-state index contributed by atoms with van der Waals surface area (Å²) in [6, 6.07) is 1.97. The minimum atomic E-state index is 0.201. The summed E-state index contributed by atoms with van der Waals surface area (Å²) in [5.41, 5.74) is 2.04. The Morgan fingerprint density at radius 3 is 2.87 bits per heavy atom. The summed E-state index contributed by atoms with van der Waals surface area (Å²) in [5.74, 6) is 1.31. The van der Waals surface area contributed by atoms with Gasteiger partial charge in [0.05, 0.1) is 17.1 Å². The van der Waals surface area contributed by atoms with Gasteiger partial charge in [-0.2, -0.15) is 0 Å².